The second kappa shape index (κ2) is 8.99. The minimum absolute atomic E-state index is 0.0899. The quantitative estimate of drug-likeness (QED) is 0.323. The van der Waals surface area contributed by atoms with E-state index in [1.165, 1.54) is 17.5 Å². The number of benzene rings is 1. The van der Waals surface area contributed by atoms with Gasteiger partial charge in [0.15, 0.2) is 0 Å². The monoisotopic (exact) mass is 523 g/mol. The Hall–Kier alpha value is -1.62. The van der Waals surface area contributed by atoms with Gasteiger partial charge in [0, 0.05) is 11.6 Å². The lowest BCUT2D eigenvalue weighted by Crippen LogP contribution is -2.49. The number of aromatic nitrogens is 1. The summed E-state index contributed by atoms with van der Waals surface area (Å²) >= 11 is 5.95. The number of fused-ring (bicyclic) bond motifs is 5. The van der Waals surface area contributed by atoms with Crippen LogP contribution in [0.5, 0.6) is 5.75 Å². The molecule has 0 amide bonds. The van der Waals surface area contributed by atoms with Crippen LogP contribution in [0, 0.1) is 17.3 Å². The van der Waals surface area contributed by atoms with E-state index in [0.717, 1.165) is 43.4 Å². The van der Waals surface area contributed by atoms with E-state index in [0.29, 0.717) is 22.9 Å². The van der Waals surface area contributed by atoms with Gasteiger partial charge in [-0.15, -0.1) is 0 Å². The van der Waals surface area contributed by atoms with E-state index in [1.54, 1.807) is 12.3 Å². The highest BCUT2D eigenvalue weighted by atomic mass is 35.5. The van der Waals surface area contributed by atoms with Crippen molar-refractivity contribution >= 4 is 26.0 Å². The van der Waals surface area contributed by atoms with Gasteiger partial charge in [-0.05, 0) is 109 Å². The van der Waals surface area contributed by atoms with Crippen LogP contribution in [-0.4, -0.2) is 24.0 Å². The number of pyridine rings is 1. The fourth-order valence-electron chi connectivity index (χ4n) is 7.11. The molecule has 3 aliphatic rings. The SMILES string of the molecule is CC(C)(C)[Si](C)(C)Oc1ccc2c(c1)CC[C@@H]1[C@@H]2CC[C@@]2(C)[C@H]1CC[C@@]2(O)/C=C/c1ccc(Cl)nc1. The molecule has 2 aromatic rings. The molecule has 3 nitrogen and oxygen atoms in total. The fourth-order valence-corrected chi connectivity index (χ4v) is 8.25. The van der Waals surface area contributed by atoms with Gasteiger partial charge >= 0.3 is 0 Å². The number of halogens is 1. The van der Waals surface area contributed by atoms with E-state index in [2.05, 4.69) is 70.0 Å². The van der Waals surface area contributed by atoms with Gasteiger partial charge in [-0.25, -0.2) is 4.98 Å². The van der Waals surface area contributed by atoms with Gasteiger partial charge in [-0.3, -0.25) is 0 Å². The highest BCUT2D eigenvalue weighted by Crippen LogP contribution is 2.64. The van der Waals surface area contributed by atoms with Gasteiger partial charge < -0.3 is 9.53 Å². The van der Waals surface area contributed by atoms with E-state index in [1.807, 2.05) is 12.1 Å². The predicted octanol–water partition coefficient (Wildman–Crippen LogP) is 8.42. The summed E-state index contributed by atoms with van der Waals surface area (Å²) in [6.45, 7) is 13.9. The van der Waals surface area contributed by atoms with Crippen LogP contribution in [0.1, 0.15) is 82.4 Å². The molecule has 2 saturated carbocycles. The maximum Gasteiger partial charge on any atom is 0.250 e. The van der Waals surface area contributed by atoms with Crippen molar-refractivity contribution in [3.05, 3.63) is 64.4 Å². The summed E-state index contributed by atoms with van der Waals surface area (Å²) in [7, 11) is -1.85. The number of hydrogen-bond donors (Lipinski definition) is 1. The molecule has 0 saturated heterocycles. The zero-order valence-electron chi connectivity index (χ0n) is 22.8. The molecule has 1 aromatic carbocycles. The van der Waals surface area contributed by atoms with Crippen molar-refractivity contribution in [2.24, 2.45) is 17.3 Å². The standard InChI is InChI=1S/C31H42ClNO2Si/c1-29(2,3)36(5,6)35-23-9-11-24-22(19-23)8-10-26-25(24)14-16-30(4)27(26)15-18-31(30,34)17-13-21-7-12-28(32)33-20-21/h7,9,11-13,17,19-20,25-27,34H,8,10,14-16,18H2,1-6H3/b17-13+/t25-,26-,27+,30+,31+/m1/s1. The Balaban J connectivity index is 1.36. The van der Waals surface area contributed by atoms with Crippen molar-refractivity contribution in [1.82, 2.24) is 4.98 Å². The predicted molar refractivity (Wildman–Crippen MR) is 152 cm³/mol. The summed E-state index contributed by atoms with van der Waals surface area (Å²) in [5.74, 6) is 2.84. The molecular weight excluding hydrogens is 482 g/mol. The zero-order chi connectivity index (χ0) is 25.9. The van der Waals surface area contributed by atoms with Crippen LogP contribution in [0.25, 0.3) is 6.08 Å². The Labute approximate surface area is 223 Å². The first-order valence-corrected chi connectivity index (χ1v) is 17.0. The van der Waals surface area contributed by atoms with Crippen LogP contribution in [0.15, 0.2) is 42.6 Å². The topological polar surface area (TPSA) is 42.4 Å². The number of aliphatic hydroxyl groups is 1. The average Bonchev–Trinajstić information content (AvgIpc) is 3.08. The van der Waals surface area contributed by atoms with Crippen molar-refractivity contribution in [3.63, 3.8) is 0 Å². The lowest BCUT2D eigenvalue weighted by Gasteiger charge is -2.52. The van der Waals surface area contributed by atoms with Gasteiger partial charge in [0.1, 0.15) is 10.9 Å². The highest BCUT2D eigenvalue weighted by molar-refractivity contribution is 6.74. The molecule has 3 aliphatic carbocycles. The third-order valence-electron chi connectivity index (χ3n) is 10.4. The smallest absolute Gasteiger partial charge is 0.250 e. The van der Waals surface area contributed by atoms with Gasteiger partial charge in [0.25, 0.3) is 0 Å². The van der Waals surface area contributed by atoms with Gasteiger partial charge in [0.05, 0.1) is 5.60 Å². The molecule has 194 valence electrons. The third kappa shape index (κ3) is 4.37. The molecular formula is C31H42ClNO2Si. The van der Waals surface area contributed by atoms with Crippen molar-refractivity contribution in [1.29, 1.82) is 0 Å². The number of nitrogens with zero attached hydrogens (tertiary/aromatic N) is 1. The maximum absolute atomic E-state index is 11.9. The van der Waals surface area contributed by atoms with E-state index in [4.69, 9.17) is 16.0 Å². The molecule has 5 atom stereocenters. The molecule has 0 unspecified atom stereocenters. The highest BCUT2D eigenvalue weighted by Gasteiger charge is 2.60. The second-order valence-electron chi connectivity index (χ2n) is 13.3. The fraction of sp³-hybridized carbons (Fsp3) is 0.581. The largest absolute Gasteiger partial charge is 0.543 e. The number of aryl methyl sites for hydroxylation is 1. The summed E-state index contributed by atoms with van der Waals surface area (Å²) in [4.78, 5) is 4.18. The van der Waals surface area contributed by atoms with Crippen molar-refractivity contribution in [2.75, 3.05) is 0 Å². The molecule has 5 rings (SSSR count). The number of hydrogen-bond acceptors (Lipinski definition) is 3. The molecule has 0 aliphatic heterocycles. The lowest BCUT2D eigenvalue weighted by molar-refractivity contribution is -0.0705. The Morgan fingerprint density at radius 2 is 1.89 bits per heavy atom. The van der Waals surface area contributed by atoms with E-state index < -0.39 is 13.9 Å². The van der Waals surface area contributed by atoms with Gasteiger partial charge in [-0.2, -0.15) is 0 Å². The van der Waals surface area contributed by atoms with Gasteiger partial charge in [-0.1, -0.05) is 63.6 Å². The van der Waals surface area contributed by atoms with Crippen LogP contribution in [0.4, 0.5) is 0 Å². The second-order valence-corrected chi connectivity index (χ2v) is 18.4. The van der Waals surface area contributed by atoms with Crippen LogP contribution >= 0.6 is 11.6 Å². The van der Waals surface area contributed by atoms with Crippen LogP contribution in [0.3, 0.4) is 0 Å². The molecule has 2 fully saturated rings. The van der Waals surface area contributed by atoms with E-state index >= 15 is 0 Å². The molecule has 0 bridgehead atoms. The van der Waals surface area contributed by atoms with Crippen molar-refractivity contribution < 1.29 is 9.53 Å². The van der Waals surface area contributed by atoms with Crippen molar-refractivity contribution in [3.8, 4) is 5.75 Å². The van der Waals surface area contributed by atoms with Crippen LogP contribution in [0.2, 0.25) is 23.3 Å². The molecule has 36 heavy (non-hydrogen) atoms. The molecule has 0 spiro atoms. The summed E-state index contributed by atoms with van der Waals surface area (Å²) < 4.78 is 6.64. The summed E-state index contributed by atoms with van der Waals surface area (Å²) in [6, 6.07) is 10.7. The first kappa shape index (κ1) is 26.0. The van der Waals surface area contributed by atoms with Crippen LogP contribution in [-0.2, 0) is 6.42 Å². The number of rotatable bonds is 4. The van der Waals surface area contributed by atoms with E-state index in [9.17, 15) is 5.11 Å². The zero-order valence-corrected chi connectivity index (χ0v) is 24.5. The maximum atomic E-state index is 11.9. The summed E-state index contributed by atoms with van der Waals surface area (Å²) in [5, 5.41) is 12.6. The lowest BCUT2D eigenvalue weighted by atomic mass is 9.53. The Bertz CT molecular complexity index is 1150. The Kier molecular flexibility index (Phi) is 6.50. The first-order chi connectivity index (χ1) is 16.8. The minimum Gasteiger partial charge on any atom is -0.543 e. The third-order valence-corrected chi connectivity index (χ3v) is 15.0. The van der Waals surface area contributed by atoms with Crippen molar-refractivity contribution in [2.45, 2.75) is 95.9 Å². The molecule has 1 N–H and O–H groups in total. The Morgan fingerprint density at radius 1 is 1.11 bits per heavy atom. The Morgan fingerprint density at radius 3 is 2.58 bits per heavy atom. The molecule has 5 heteroatoms. The normalized spacial score (nSPS) is 32.2. The minimum atomic E-state index is -1.85. The molecule has 1 aromatic heterocycles. The average molecular weight is 524 g/mol. The van der Waals surface area contributed by atoms with Crippen LogP contribution < -0.4 is 4.43 Å². The molecule has 0 radical (unpaired) electrons. The van der Waals surface area contributed by atoms with Gasteiger partial charge in [0.2, 0.25) is 8.32 Å². The van der Waals surface area contributed by atoms with E-state index in [-0.39, 0.29) is 10.5 Å². The first-order valence-electron chi connectivity index (χ1n) is 13.7. The summed E-state index contributed by atoms with van der Waals surface area (Å²) in [5.41, 5.74) is 3.14. The molecule has 1 heterocycles. The summed E-state index contributed by atoms with van der Waals surface area (Å²) in [6.07, 6.45) is 12.3.